The smallest absolute Gasteiger partial charge is 0.0409 e. The standard InChI is InChI=1S/C17H20ClN/c1-3-14-7-4-5-8-16(14)12-19-13(2)15-9-6-10-17(18)11-15/h4-11,13,19H,3,12H2,1-2H3/t13-/m1/s1. The molecule has 0 fully saturated rings. The van der Waals surface area contributed by atoms with E-state index in [9.17, 15) is 0 Å². The molecule has 2 aromatic rings. The fraction of sp³-hybridized carbons (Fsp3) is 0.294. The number of benzene rings is 2. The van der Waals surface area contributed by atoms with Crippen LogP contribution < -0.4 is 5.32 Å². The highest BCUT2D eigenvalue weighted by Crippen LogP contribution is 2.18. The van der Waals surface area contributed by atoms with Crippen LogP contribution in [-0.4, -0.2) is 0 Å². The van der Waals surface area contributed by atoms with Gasteiger partial charge in [0.05, 0.1) is 0 Å². The zero-order chi connectivity index (χ0) is 13.7. The van der Waals surface area contributed by atoms with Gasteiger partial charge in [0, 0.05) is 17.6 Å². The quantitative estimate of drug-likeness (QED) is 0.829. The van der Waals surface area contributed by atoms with Crippen molar-refractivity contribution >= 4 is 11.6 Å². The fourth-order valence-electron chi connectivity index (χ4n) is 2.23. The molecule has 0 spiro atoms. The van der Waals surface area contributed by atoms with Gasteiger partial charge in [-0.1, -0.05) is 54.9 Å². The Morgan fingerprint density at radius 1 is 1.05 bits per heavy atom. The van der Waals surface area contributed by atoms with Crippen LogP contribution in [0.3, 0.4) is 0 Å². The van der Waals surface area contributed by atoms with Gasteiger partial charge in [0.2, 0.25) is 0 Å². The molecule has 1 N–H and O–H groups in total. The van der Waals surface area contributed by atoms with E-state index < -0.39 is 0 Å². The lowest BCUT2D eigenvalue weighted by molar-refractivity contribution is 0.572. The average molecular weight is 274 g/mol. The maximum absolute atomic E-state index is 6.03. The molecule has 0 saturated heterocycles. The first-order chi connectivity index (χ1) is 9.20. The molecule has 0 aromatic heterocycles. The summed E-state index contributed by atoms with van der Waals surface area (Å²) in [5.74, 6) is 0. The predicted molar refractivity (Wildman–Crippen MR) is 82.5 cm³/mol. The largest absolute Gasteiger partial charge is 0.306 e. The average Bonchev–Trinajstić information content (AvgIpc) is 2.45. The molecule has 0 aliphatic rings. The van der Waals surface area contributed by atoms with Crippen LogP contribution in [0, 0.1) is 0 Å². The second kappa shape index (κ2) is 6.74. The minimum Gasteiger partial charge on any atom is -0.306 e. The maximum Gasteiger partial charge on any atom is 0.0409 e. The molecule has 0 aliphatic heterocycles. The summed E-state index contributed by atoms with van der Waals surface area (Å²) in [6, 6.07) is 16.9. The van der Waals surface area contributed by atoms with E-state index in [0.29, 0.717) is 6.04 Å². The molecule has 0 unspecified atom stereocenters. The SMILES string of the molecule is CCc1ccccc1CN[C@H](C)c1cccc(Cl)c1. The summed E-state index contributed by atoms with van der Waals surface area (Å²) in [5.41, 5.74) is 4.01. The van der Waals surface area contributed by atoms with Gasteiger partial charge >= 0.3 is 0 Å². The van der Waals surface area contributed by atoms with Gasteiger partial charge in [-0.15, -0.1) is 0 Å². The van der Waals surface area contributed by atoms with E-state index in [0.717, 1.165) is 18.0 Å². The van der Waals surface area contributed by atoms with Gasteiger partial charge in [-0.05, 0) is 42.2 Å². The summed E-state index contributed by atoms with van der Waals surface area (Å²) in [4.78, 5) is 0. The number of hydrogen-bond acceptors (Lipinski definition) is 1. The molecule has 1 nitrogen and oxygen atoms in total. The van der Waals surface area contributed by atoms with Gasteiger partial charge in [-0.2, -0.15) is 0 Å². The van der Waals surface area contributed by atoms with Crippen molar-refractivity contribution in [1.29, 1.82) is 0 Å². The van der Waals surface area contributed by atoms with E-state index in [2.05, 4.69) is 49.5 Å². The van der Waals surface area contributed by atoms with Gasteiger partial charge in [-0.25, -0.2) is 0 Å². The van der Waals surface area contributed by atoms with E-state index in [4.69, 9.17) is 11.6 Å². The van der Waals surface area contributed by atoms with Crippen molar-refractivity contribution < 1.29 is 0 Å². The molecule has 2 rings (SSSR count). The van der Waals surface area contributed by atoms with Crippen molar-refractivity contribution in [3.63, 3.8) is 0 Å². The van der Waals surface area contributed by atoms with Gasteiger partial charge in [0.15, 0.2) is 0 Å². The summed E-state index contributed by atoms with van der Waals surface area (Å²) in [6.07, 6.45) is 1.07. The fourth-order valence-corrected chi connectivity index (χ4v) is 2.43. The monoisotopic (exact) mass is 273 g/mol. The Morgan fingerprint density at radius 2 is 1.79 bits per heavy atom. The Labute approximate surface area is 120 Å². The summed E-state index contributed by atoms with van der Waals surface area (Å²) in [7, 11) is 0. The Balaban J connectivity index is 2.02. The molecule has 19 heavy (non-hydrogen) atoms. The van der Waals surface area contributed by atoms with Crippen molar-refractivity contribution in [2.45, 2.75) is 32.9 Å². The molecule has 0 aliphatic carbocycles. The predicted octanol–water partition coefficient (Wildman–Crippen LogP) is 4.75. The number of rotatable bonds is 5. The second-order valence-electron chi connectivity index (χ2n) is 4.78. The van der Waals surface area contributed by atoms with Crippen molar-refractivity contribution in [3.05, 3.63) is 70.2 Å². The van der Waals surface area contributed by atoms with E-state index in [1.54, 1.807) is 0 Å². The summed E-state index contributed by atoms with van der Waals surface area (Å²) < 4.78 is 0. The molecule has 1 atom stereocenters. The normalized spacial score (nSPS) is 12.4. The minimum absolute atomic E-state index is 0.295. The van der Waals surface area contributed by atoms with Crippen LogP contribution in [0.2, 0.25) is 5.02 Å². The zero-order valence-corrected chi connectivity index (χ0v) is 12.2. The van der Waals surface area contributed by atoms with Crippen molar-refractivity contribution in [3.8, 4) is 0 Å². The Kier molecular flexibility index (Phi) is 5.00. The van der Waals surface area contributed by atoms with Crippen LogP contribution in [0.25, 0.3) is 0 Å². The topological polar surface area (TPSA) is 12.0 Å². The molecule has 2 aromatic carbocycles. The molecule has 0 radical (unpaired) electrons. The third-order valence-electron chi connectivity index (χ3n) is 3.45. The van der Waals surface area contributed by atoms with Gasteiger partial charge < -0.3 is 5.32 Å². The highest BCUT2D eigenvalue weighted by atomic mass is 35.5. The maximum atomic E-state index is 6.03. The molecule has 0 heterocycles. The number of halogens is 1. The second-order valence-corrected chi connectivity index (χ2v) is 5.22. The number of nitrogens with one attached hydrogen (secondary N) is 1. The Morgan fingerprint density at radius 3 is 2.47 bits per heavy atom. The van der Waals surface area contributed by atoms with Gasteiger partial charge in [0.25, 0.3) is 0 Å². The highest BCUT2D eigenvalue weighted by molar-refractivity contribution is 6.30. The van der Waals surface area contributed by atoms with E-state index >= 15 is 0 Å². The first-order valence-electron chi connectivity index (χ1n) is 6.76. The third kappa shape index (κ3) is 3.82. The van der Waals surface area contributed by atoms with Crippen LogP contribution in [-0.2, 0) is 13.0 Å². The minimum atomic E-state index is 0.295. The van der Waals surface area contributed by atoms with E-state index in [-0.39, 0.29) is 0 Å². The lowest BCUT2D eigenvalue weighted by atomic mass is 10.0. The van der Waals surface area contributed by atoms with Crippen LogP contribution in [0.4, 0.5) is 0 Å². The first kappa shape index (κ1) is 14.1. The van der Waals surface area contributed by atoms with Gasteiger partial charge in [0.1, 0.15) is 0 Å². The van der Waals surface area contributed by atoms with Gasteiger partial charge in [-0.3, -0.25) is 0 Å². The zero-order valence-electron chi connectivity index (χ0n) is 11.5. The van der Waals surface area contributed by atoms with Crippen molar-refractivity contribution in [1.82, 2.24) is 5.32 Å². The highest BCUT2D eigenvalue weighted by Gasteiger charge is 2.06. The van der Waals surface area contributed by atoms with Crippen LogP contribution >= 0.6 is 11.6 Å². The summed E-state index contributed by atoms with van der Waals surface area (Å²) in [6.45, 7) is 5.25. The molecule has 0 amide bonds. The third-order valence-corrected chi connectivity index (χ3v) is 3.68. The van der Waals surface area contributed by atoms with Crippen LogP contribution in [0.5, 0.6) is 0 Å². The Bertz CT molecular complexity index is 536. The first-order valence-corrected chi connectivity index (χ1v) is 7.14. The molecular formula is C17H20ClN. The van der Waals surface area contributed by atoms with Crippen molar-refractivity contribution in [2.24, 2.45) is 0 Å². The lowest BCUT2D eigenvalue weighted by Gasteiger charge is -2.16. The lowest BCUT2D eigenvalue weighted by Crippen LogP contribution is -2.18. The van der Waals surface area contributed by atoms with E-state index in [1.807, 2.05) is 18.2 Å². The number of aryl methyl sites for hydroxylation is 1. The summed E-state index contributed by atoms with van der Waals surface area (Å²) in [5, 5.41) is 4.35. The molecule has 0 saturated carbocycles. The summed E-state index contributed by atoms with van der Waals surface area (Å²) >= 11 is 6.03. The van der Waals surface area contributed by atoms with Crippen LogP contribution in [0.1, 0.15) is 36.6 Å². The Hall–Kier alpha value is -1.31. The van der Waals surface area contributed by atoms with Crippen molar-refractivity contribution in [2.75, 3.05) is 0 Å². The molecule has 100 valence electrons. The number of hydrogen-bond donors (Lipinski definition) is 1. The molecule has 0 bridgehead atoms. The van der Waals surface area contributed by atoms with E-state index in [1.165, 1.54) is 16.7 Å². The molecule has 2 heteroatoms. The van der Waals surface area contributed by atoms with Crippen LogP contribution in [0.15, 0.2) is 48.5 Å². The molecular weight excluding hydrogens is 254 g/mol.